The lowest BCUT2D eigenvalue weighted by molar-refractivity contribution is 0.0596. The van der Waals surface area contributed by atoms with Gasteiger partial charge in [0.05, 0.1) is 24.6 Å². The first-order chi connectivity index (χ1) is 9.51. The highest BCUT2D eigenvalue weighted by Gasteiger charge is 2.15. The molecule has 2 rings (SSSR count). The van der Waals surface area contributed by atoms with E-state index in [0.29, 0.717) is 16.3 Å². The third kappa shape index (κ3) is 3.11. The van der Waals surface area contributed by atoms with E-state index in [1.54, 1.807) is 6.07 Å². The van der Waals surface area contributed by atoms with Crippen LogP contribution in [0.25, 0.3) is 0 Å². The van der Waals surface area contributed by atoms with Crippen molar-refractivity contribution < 1.29 is 9.53 Å². The first-order valence-corrected chi connectivity index (χ1v) is 6.92. The lowest BCUT2D eigenvalue weighted by Gasteiger charge is -2.08. The molecule has 2 N–H and O–H groups in total. The van der Waals surface area contributed by atoms with E-state index in [0.717, 1.165) is 4.90 Å². The summed E-state index contributed by atoms with van der Waals surface area (Å²) in [5.74, 6) is -0.434. The van der Waals surface area contributed by atoms with Crippen molar-refractivity contribution in [1.29, 1.82) is 0 Å². The van der Waals surface area contributed by atoms with E-state index >= 15 is 0 Å². The van der Waals surface area contributed by atoms with Crippen LogP contribution in [0.5, 0.6) is 0 Å². The lowest BCUT2D eigenvalue weighted by Crippen LogP contribution is -2.05. The number of ether oxygens (including phenoxy) is 1. The zero-order chi connectivity index (χ0) is 14.7. The van der Waals surface area contributed by atoms with Gasteiger partial charge in [-0.05, 0) is 43.2 Å². The molecule has 1 aromatic heterocycles. The van der Waals surface area contributed by atoms with Crippen LogP contribution < -0.4 is 5.73 Å². The predicted octanol–water partition coefficient (Wildman–Crippen LogP) is 3.22. The van der Waals surface area contributed by atoms with Gasteiger partial charge >= 0.3 is 5.97 Å². The molecule has 0 aliphatic carbocycles. The minimum atomic E-state index is -0.434. The van der Waals surface area contributed by atoms with Crippen LogP contribution in [0.3, 0.4) is 0 Å². The molecule has 0 aliphatic heterocycles. The minimum absolute atomic E-state index is 0.385. The molecular formula is C15H16N2O2S. The number of benzene rings is 1. The summed E-state index contributed by atoms with van der Waals surface area (Å²) < 4.78 is 4.76. The van der Waals surface area contributed by atoms with Crippen molar-refractivity contribution >= 4 is 23.4 Å². The normalized spacial score (nSPS) is 10.3. The molecule has 0 atom stereocenters. The van der Waals surface area contributed by atoms with Gasteiger partial charge in [0.2, 0.25) is 0 Å². The molecular weight excluding hydrogens is 272 g/mol. The largest absolute Gasteiger partial charge is 0.465 e. The van der Waals surface area contributed by atoms with Crippen molar-refractivity contribution in [3.05, 3.63) is 47.2 Å². The number of aromatic nitrogens is 1. The summed E-state index contributed by atoms with van der Waals surface area (Å²) in [4.78, 5) is 17.0. The van der Waals surface area contributed by atoms with Crippen LogP contribution in [0.15, 0.2) is 40.4 Å². The zero-order valence-corrected chi connectivity index (χ0v) is 12.5. The summed E-state index contributed by atoms with van der Waals surface area (Å²) in [5, 5.41) is 0.592. The quantitative estimate of drug-likeness (QED) is 0.878. The van der Waals surface area contributed by atoms with E-state index in [4.69, 9.17) is 10.5 Å². The molecule has 0 unspecified atom stereocenters. The number of hydrogen-bond donors (Lipinski definition) is 1. The van der Waals surface area contributed by atoms with Gasteiger partial charge < -0.3 is 10.5 Å². The molecule has 0 aliphatic rings. The molecule has 0 radical (unpaired) electrons. The monoisotopic (exact) mass is 288 g/mol. The van der Waals surface area contributed by atoms with Crippen LogP contribution >= 0.6 is 11.8 Å². The van der Waals surface area contributed by atoms with Gasteiger partial charge in [-0.15, -0.1) is 0 Å². The highest BCUT2D eigenvalue weighted by Crippen LogP contribution is 2.31. The molecule has 1 heterocycles. The molecule has 104 valence electrons. The van der Waals surface area contributed by atoms with Crippen molar-refractivity contribution in [2.24, 2.45) is 0 Å². The number of nitrogens with two attached hydrogens (primary N) is 1. The maximum absolute atomic E-state index is 11.8. The fourth-order valence-electron chi connectivity index (χ4n) is 1.69. The fourth-order valence-corrected chi connectivity index (χ4v) is 2.65. The van der Waals surface area contributed by atoms with Crippen LogP contribution in [0.4, 0.5) is 5.69 Å². The summed E-state index contributed by atoms with van der Waals surface area (Å²) in [5.41, 5.74) is 8.93. The van der Waals surface area contributed by atoms with Crippen LogP contribution in [0.1, 0.15) is 21.5 Å². The van der Waals surface area contributed by atoms with E-state index in [1.165, 1.54) is 36.2 Å². The Morgan fingerprint density at radius 3 is 2.65 bits per heavy atom. The number of aryl methyl sites for hydroxylation is 2. The summed E-state index contributed by atoms with van der Waals surface area (Å²) in [6.45, 7) is 4.11. The van der Waals surface area contributed by atoms with E-state index in [2.05, 4.69) is 24.9 Å². The van der Waals surface area contributed by atoms with E-state index in [9.17, 15) is 4.79 Å². The first kappa shape index (κ1) is 14.4. The van der Waals surface area contributed by atoms with E-state index in [-0.39, 0.29) is 0 Å². The number of carbonyl (C=O) groups excluding carboxylic acids is 1. The van der Waals surface area contributed by atoms with Gasteiger partial charge in [-0.3, -0.25) is 0 Å². The first-order valence-electron chi connectivity index (χ1n) is 6.10. The Hall–Kier alpha value is -2.01. The van der Waals surface area contributed by atoms with Crippen molar-refractivity contribution in [2.75, 3.05) is 12.8 Å². The molecule has 0 amide bonds. The number of esters is 1. The van der Waals surface area contributed by atoms with Gasteiger partial charge in [0, 0.05) is 4.90 Å². The standard InChI is InChI=1S/C15H16N2O2S/c1-9-4-5-12(6-10(9)2)20-14-13(15(18)19-3)7-11(16)8-17-14/h4-8H,16H2,1-3H3. The van der Waals surface area contributed by atoms with Gasteiger partial charge in [-0.2, -0.15) is 0 Å². The van der Waals surface area contributed by atoms with Gasteiger partial charge in [0.15, 0.2) is 0 Å². The molecule has 20 heavy (non-hydrogen) atoms. The Balaban J connectivity index is 2.37. The maximum Gasteiger partial charge on any atom is 0.340 e. The second-order valence-corrected chi connectivity index (χ2v) is 5.52. The molecule has 1 aromatic carbocycles. The Kier molecular flexibility index (Phi) is 4.29. The molecule has 2 aromatic rings. The van der Waals surface area contributed by atoms with Gasteiger partial charge in [-0.25, -0.2) is 9.78 Å². The third-order valence-corrected chi connectivity index (χ3v) is 3.98. The lowest BCUT2D eigenvalue weighted by atomic mass is 10.1. The van der Waals surface area contributed by atoms with E-state index in [1.807, 2.05) is 12.1 Å². The van der Waals surface area contributed by atoms with Crippen molar-refractivity contribution in [3.63, 3.8) is 0 Å². The topological polar surface area (TPSA) is 65.2 Å². The maximum atomic E-state index is 11.8. The fraction of sp³-hybridized carbons (Fsp3) is 0.200. The number of rotatable bonds is 3. The summed E-state index contributed by atoms with van der Waals surface area (Å²) in [6.07, 6.45) is 1.54. The second-order valence-electron chi connectivity index (χ2n) is 4.46. The van der Waals surface area contributed by atoms with E-state index < -0.39 is 5.97 Å². The number of pyridine rings is 1. The van der Waals surface area contributed by atoms with Crippen LogP contribution in [-0.4, -0.2) is 18.1 Å². The molecule has 4 nitrogen and oxygen atoms in total. The number of hydrogen-bond acceptors (Lipinski definition) is 5. The van der Waals surface area contributed by atoms with Crippen LogP contribution in [-0.2, 0) is 4.74 Å². The van der Waals surface area contributed by atoms with Gasteiger partial charge in [0.1, 0.15) is 5.03 Å². The highest BCUT2D eigenvalue weighted by atomic mass is 32.2. The number of nitrogen functional groups attached to an aromatic ring is 1. The van der Waals surface area contributed by atoms with Crippen LogP contribution in [0.2, 0.25) is 0 Å². The average molecular weight is 288 g/mol. The van der Waals surface area contributed by atoms with Crippen molar-refractivity contribution in [1.82, 2.24) is 4.98 Å². The number of carbonyl (C=O) groups is 1. The minimum Gasteiger partial charge on any atom is -0.465 e. The van der Waals surface area contributed by atoms with Crippen molar-refractivity contribution in [2.45, 2.75) is 23.8 Å². The molecule has 0 saturated heterocycles. The summed E-state index contributed by atoms with van der Waals surface area (Å²) >= 11 is 1.42. The SMILES string of the molecule is COC(=O)c1cc(N)cnc1Sc1ccc(C)c(C)c1. The van der Waals surface area contributed by atoms with Crippen molar-refractivity contribution in [3.8, 4) is 0 Å². The Morgan fingerprint density at radius 2 is 2.00 bits per heavy atom. The molecule has 5 heteroatoms. The highest BCUT2D eigenvalue weighted by molar-refractivity contribution is 7.99. The average Bonchev–Trinajstić information content (AvgIpc) is 2.44. The smallest absolute Gasteiger partial charge is 0.340 e. The summed E-state index contributed by atoms with van der Waals surface area (Å²) in [6, 6.07) is 7.71. The van der Waals surface area contributed by atoms with Gasteiger partial charge in [0.25, 0.3) is 0 Å². The third-order valence-electron chi connectivity index (χ3n) is 2.97. The molecule has 0 fully saturated rings. The Labute approximate surface area is 122 Å². The predicted molar refractivity (Wildman–Crippen MR) is 80.0 cm³/mol. The zero-order valence-electron chi connectivity index (χ0n) is 11.6. The summed E-state index contributed by atoms with van der Waals surface area (Å²) in [7, 11) is 1.34. The number of anilines is 1. The number of nitrogens with zero attached hydrogens (tertiary/aromatic N) is 1. The molecule has 0 saturated carbocycles. The number of methoxy groups -OCH3 is 1. The van der Waals surface area contributed by atoms with Crippen LogP contribution in [0, 0.1) is 13.8 Å². The Morgan fingerprint density at radius 1 is 1.25 bits per heavy atom. The molecule has 0 bridgehead atoms. The molecule has 0 spiro atoms. The second kappa shape index (κ2) is 5.96. The van der Waals surface area contributed by atoms with Gasteiger partial charge in [-0.1, -0.05) is 17.8 Å². The Bertz CT molecular complexity index is 656.